The first-order valence-corrected chi connectivity index (χ1v) is 8.83. The summed E-state index contributed by atoms with van der Waals surface area (Å²) in [5.74, 6) is -1.32. The van der Waals surface area contributed by atoms with Gasteiger partial charge >= 0.3 is 11.9 Å². The lowest BCUT2D eigenvalue weighted by molar-refractivity contribution is -0.115. The summed E-state index contributed by atoms with van der Waals surface area (Å²) in [7, 11) is 1.25. The van der Waals surface area contributed by atoms with E-state index in [4.69, 9.17) is 9.15 Å². The van der Waals surface area contributed by atoms with Crippen LogP contribution in [0.5, 0.6) is 0 Å². The van der Waals surface area contributed by atoms with Crippen molar-refractivity contribution in [2.24, 2.45) is 0 Å². The van der Waals surface area contributed by atoms with E-state index in [1.807, 2.05) is 30.3 Å². The van der Waals surface area contributed by atoms with Gasteiger partial charge < -0.3 is 19.2 Å². The molecule has 0 atom stereocenters. The van der Waals surface area contributed by atoms with E-state index in [9.17, 15) is 14.4 Å². The van der Waals surface area contributed by atoms with Gasteiger partial charge in [-0.25, -0.2) is 9.59 Å². The van der Waals surface area contributed by atoms with Crippen molar-refractivity contribution < 1.29 is 28.3 Å². The molecule has 3 rings (SSSR count). The summed E-state index contributed by atoms with van der Waals surface area (Å²) in [5, 5.41) is 2.73. The van der Waals surface area contributed by atoms with Gasteiger partial charge in [-0.1, -0.05) is 42.5 Å². The average molecular weight is 393 g/mol. The highest BCUT2D eigenvalue weighted by molar-refractivity contribution is 6.01. The van der Waals surface area contributed by atoms with Crippen LogP contribution >= 0.6 is 0 Å². The topological polar surface area (TPSA) is 94.8 Å². The third-order valence-corrected chi connectivity index (χ3v) is 4.11. The summed E-state index contributed by atoms with van der Waals surface area (Å²) in [6, 6.07) is 17.2. The van der Waals surface area contributed by atoms with Crippen LogP contribution in [0.25, 0.3) is 0 Å². The fourth-order valence-corrected chi connectivity index (χ4v) is 2.70. The highest BCUT2D eigenvalue weighted by atomic mass is 16.5. The minimum atomic E-state index is -0.659. The minimum Gasteiger partial charge on any atom is -0.465 e. The van der Waals surface area contributed by atoms with Gasteiger partial charge in [-0.05, 0) is 23.8 Å². The Morgan fingerprint density at radius 1 is 0.897 bits per heavy atom. The van der Waals surface area contributed by atoms with Crippen molar-refractivity contribution >= 4 is 23.5 Å². The number of rotatable bonds is 7. The van der Waals surface area contributed by atoms with Gasteiger partial charge in [0.1, 0.15) is 5.56 Å². The molecule has 148 valence electrons. The molecule has 29 heavy (non-hydrogen) atoms. The molecule has 7 nitrogen and oxygen atoms in total. The second kappa shape index (κ2) is 9.36. The number of hydrogen-bond donors (Lipinski definition) is 1. The third kappa shape index (κ3) is 5.10. The Labute approximate surface area is 167 Å². The number of nitrogens with one attached hydrogen (secondary N) is 1. The molecule has 7 heteroatoms. The summed E-state index contributed by atoms with van der Waals surface area (Å²) in [6.45, 7) is -0.247. The second-order valence-electron chi connectivity index (χ2n) is 6.08. The molecule has 0 unspecified atom stereocenters. The fraction of sp³-hybridized carbons (Fsp3) is 0.136. The summed E-state index contributed by atoms with van der Waals surface area (Å²) in [4.78, 5) is 36.5. The SMILES string of the molecule is COC(=O)c1ccoc1COC(=O)c1ccccc1NC(=O)Cc1ccccc1. The minimum absolute atomic E-state index is 0.177. The Hall–Kier alpha value is -3.87. The van der Waals surface area contributed by atoms with Crippen molar-refractivity contribution in [1.82, 2.24) is 0 Å². The van der Waals surface area contributed by atoms with Crippen molar-refractivity contribution in [3.8, 4) is 0 Å². The van der Waals surface area contributed by atoms with Crippen LogP contribution in [0.15, 0.2) is 71.3 Å². The van der Waals surface area contributed by atoms with Crippen molar-refractivity contribution in [2.45, 2.75) is 13.0 Å². The van der Waals surface area contributed by atoms with Crippen LogP contribution in [0.3, 0.4) is 0 Å². The lowest BCUT2D eigenvalue weighted by Crippen LogP contribution is -2.17. The maximum absolute atomic E-state index is 12.5. The Bertz CT molecular complexity index is 1010. The van der Waals surface area contributed by atoms with Gasteiger partial charge in [0.2, 0.25) is 5.91 Å². The van der Waals surface area contributed by atoms with Gasteiger partial charge in [0, 0.05) is 0 Å². The van der Waals surface area contributed by atoms with Gasteiger partial charge in [-0.15, -0.1) is 0 Å². The van der Waals surface area contributed by atoms with E-state index >= 15 is 0 Å². The molecule has 2 aromatic carbocycles. The quantitative estimate of drug-likeness (QED) is 0.616. The van der Waals surface area contributed by atoms with Crippen molar-refractivity contribution in [3.63, 3.8) is 0 Å². The molecular formula is C22H19NO6. The van der Waals surface area contributed by atoms with E-state index in [1.54, 1.807) is 24.3 Å². The van der Waals surface area contributed by atoms with Gasteiger partial charge in [0.25, 0.3) is 0 Å². The predicted molar refractivity (Wildman–Crippen MR) is 104 cm³/mol. The average Bonchev–Trinajstić information content (AvgIpc) is 3.21. The number of benzene rings is 2. The van der Waals surface area contributed by atoms with Crippen LogP contribution in [0, 0.1) is 0 Å². The zero-order valence-corrected chi connectivity index (χ0v) is 15.7. The Morgan fingerprint density at radius 2 is 1.62 bits per heavy atom. The van der Waals surface area contributed by atoms with Crippen molar-refractivity contribution in [2.75, 3.05) is 12.4 Å². The number of carbonyl (C=O) groups is 3. The zero-order valence-electron chi connectivity index (χ0n) is 15.7. The highest BCUT2D eigenvalue weighted by Gasteiger charge is 2.19. The molecule has 1 aromatic heterocycles. The summed E-state index contributed by atoms with van der Waals surface area (Å²) in [5.41, 5.74) is 1.58. The van der Waals surface area contributed by atoms with Crippen molar-refractivity contribution in [1.29, 1.82) is 0 Å². The largest absolute Gasteiger partial charge is 0.465 e. The monoisotopic (exact) mass is 393 g/mol. The van der Waals surface area contributed by atoms with Crippen LogP contribution in [-0.4, -0.2) is 25.0 Å². The molecule has 0 aliphatic carbocycles. The van der Waals surface area contributed by atoms with Crippen LogP contribution in [0.2, 0.25) is 0 Å². The molecule has 0 fully saturated rings. The first-order valence-electron chi connectivity index (χ1n) is 8.83. The number of hydrogen-bond acceptors (Lipinski definition) is 6. The summed E-state index contributed by atoms with van der Waals surface area (Å²) >= 11 is 0. The molecule has 0 aliphatic rings. The number of anilines is 1. The first-order chi connectivity index (χ1) is 14.1. The molecule has 1 heterocycles. The maximum atomic E-state index is 12.5. The van der Waals surface area contributed by atoms with Crippen molar-refractivity contribution in [3.05, 3.63) is 89.4 Å². The molecule has 1 amide bonds. The predicted octanol–water partition coefficient (Wildman–Crippen LogP) is 3.60. The van der Waals surface area contributed by atoms with E-state index in [2.05, 4.69) is 10.1 Å². The number of methoxy groups -OCH3 is 1. The van der Waals surface area contributed by atoms with Crippen LogP contribution < -0.4 is 5.32 Å². The lowest BCUT2D eigenvalue weighted by Gasteiger charge is -2.11. The number of ether oxygens (including phenoxy) is 2. The molecule has 0 aliphatic heterocycles. The first kappa shape index (κ1) is 19.9. The number of esters is 2. The van der Waals surface area contributed by atoms with E-state index in [-0.39, 0.29) is 35.8 Å². The zero-order chi connectivity index (χ0) is 20.6. The van der Waals surface area contributed by atoms with Crippen LogP contribution in [-0.2, 0) is 27.3 Å². The number of carbonyl (C=O) groups excluding carboxylic acids is 3. The molecule has 1 N–H and O–H groups in total. The Balaban J connectivity index is 1.66. The fourth-order valence-electron chi connectivity index (χ4n) is 2.70. The molecule has 0 saturated carbocycles. The molecule has 0 radical (unpaired) electrons. The van der Waals surface area contributed by atoms with E-state index in [0.717, 1.165) is 5.56 Å². The molecule has 0 bridgehead atoms. The number of para-hydroxylation sites is 1. The van der Waals surface area contributed by atoms with Gasteiger partial charge in [-0.2, -0.15) is 0 Å². The smallest absolute Gasteiger partial charge is 0.341 e. The summed E-state index contributed by atoms with van der Waals surface area (Å²) < 4.78 is 15.1. The molecular weight excluding hydrogens is 374 g/mol. The number of amides is 1. The Kier molecular flexibility index (Phi) is 6.42. The molecule has 0 saturated heterocycles. The normalized spacial score (nSPS) is 10.2. The van der Waals surface area contributed by atoms with Gasteiger partial charge in [-0.3, -0.25) is 4.79 Å². The van der Waals surface area contributed by atoms with Crippen LogP contribution in [0.1, 0.15) is 32.0 Å². The summed E-state index contributed by atoms with van der Waals surface area (Å²) in [6.07, 6.45) is 1.49. The second-order valence-corrected chi connectivity index (χ2v) is 6.08. The van der Waals surface area contributed by atoms with Gasteiger partial charge in [0.05, 0.1) is 31.0 Å². The molecule has 0 spiro atoms. The van der Waals surface area contributed by atoms with E-state index in [0.29, 0.717) is 5.69 Å². The highest BCUT2D eigenvalue weighted by Crippen LogP contribution is 2.19. The standard InChI is InChI=1S/C22H19NO6/c1-27-21(25)17-11-12-28-19(17)14-29-22(26)16-9-5-6-10-18(16)23-20(24)13-15-7-3-2-4-8-15/h2-12H,13-14H2,1H3,(H,23,24). The maximum Gasteiger partial charge on any atom is 0.341 e. The van der Waals surface area contributed by atoms with Gasteiger partial charge in [0.15, 0.2) is 12.4 Å². The van der Waals surface area contributed by atoms with E-state index in [1.165, 1.54) is 19.4 Å². The third-order valence-electron chi connectivity index (χ3n) is 4.11. The Morgan fingerprint density at radius 3 is 2.38 bits per heavy atom. The van der Waals surface area contributed by atoms with Crippen LogP contribution in [0.4, 0.5) is 5.69 Å². The van der Waals surface area contributed by atoms with E-state index < -0.39 is 11.9 Å². The number of furan rings is 1. The molecule has 3 aromatic rings. The lowest BCUT2D eigenvalue weighted by atomic mass is 10.1.